The third-order valence-electron chi connectivity index (χ3n) is 8.14. The van der Waals surface area contributed by atoms with Crippen LogP contribution in [0.4, 0.5) is 24.5 Å². The van der Waals surface area contributed by atoms with Gasteiger partial charge >= 0.3 is 6.18 Å². The number of alkyl halides is 3. The zero-order valence-electron chi connectivity index (χ0n) is 25.6. The second-order valence-corrected chi connectivity index (χ2v) is 12.6. The average molecular weight is 626 g/mol. The van der Waals surface area contributed by atoms with Crippen LogP contribution in [0.2, 0.25) is 0 Å². The van der Waals surface area contributed by atoms with E-state index in [1.54, 1.807) is 23.1 Å². The molecular weight excluding hydrogens is 595 g/mol. The molecule has 14 heteroatoms. The van der Waals surface area contributed by atoms with Crippen LogP contribution < -0.4 is 10.6 Å². The quantitative estimate of drug-likeness (QED) is 0.207. The molecule has 46 heavy (non-hydrogen) atoms. The predicted octanol–water partition coefficient (Wildman–Crippen LogP) is 6.17. The summed E-state index contributed by atoms with van der Waals surface area (Å²) in [5.74, 6) is 0. The standard InChI is InChI=1S/C32H30F3N11/c1-19-23(6-5-7-26(19)45-18-38-17-41-45)29(25-15-46(44-43-25)31(8-9-31)32(33,34)35)42-22-10-20(12-36)27-24(11-22)28(21(13-37)14-39-27)40-16-30(2,3)4/h5-7,10-11,14-15,17-18,29,42H,8-9,16H2,1-4H3,(H,39,40). The van der Waals surface area contributed by atoms with Gasteiger partial charge in [-0.2, -0.15) is 28.8 Å². The Morgan fingerprint density at radius 3 is 2.48 bits per heavy atom. The number of pyridine rings is 1. The molecule has 1 atom stereocenters. The largest absolute Gasteiger partial charge is 0.413 e. The normalized spacial score (nSPS) is 14.8. The van der Waals surface area contributed by atoms with E-state index in [2.05, 4.69) is 68.9 Å². The Morgan fingerprint density at radius 2 is 1.85 bits per heavy atom. The van der Waals surface area contributed by atoms with E-state index >= 15 is 0 Å². The lowest BCUT2D eigenvalue weighted by atomic mass is 9.95. The third kappa shape index (κ3) is 5.47. The molecule has 2 N–H and O–H groups in total. The number of hydrogen-bond acceptors (Lipinski definition) is 9. The molecular formula is C32H30F3N11. The fraction of sp³-hybridized carbons (Fsp3) is 0.344. The van der Waals surface area contributed by atoms with Gasteiger partial charge in [0.25, 0.3) is 0 Å². The number of fused-ring (bicyclic) bond motifs is 1. The maximum Gasteiger partial charge on any atom is 0.413 e. The molecule has 0 saturated heterocycles. The maximum atomic E-state index is 14.0. The van der Waals surface area contributed by atoms with Gasteiger partial charge in [-0.1, -0.05) is 38.1 Å². The smallest absolute Gasteiger partial charge is 0.383 e. The molecule has 1 aliphatic rings. The van der Waals surface area contributed by atoms with E-state index in [0.717, 1.165) is 15.9 Å². The topological polar surface area (TPSA) is 146 Å². The van der Waals surface area contributed by atoms with Crippen LogP contribution >= 0.6 is 0 Å². The minimum absolute atomic E-state index is 0.0764. The van der Waals surface area contributed by atoms with Crippen molar-refractivity contribution in [3.8, 4) is 17.8 Å². The molecule has 1 saturated carbocycles. The highest BCUT2D eigenvalue weighted by molar-refractivity contribution is 5.99. The molecule has 11 nitrogen and oxygen atoms in total. The zero-order chi connectivity index (χ0) is 32.9. The van der Waals surface area contributed by atoms with E-state index in [4.69, 9.17) is 0 Å². The molecule has 1 aliphatic carbocycles. The van der Waals surface area contributed by atoms with Crippen LogP contribution in [-0.4, -0.2) is 47.5 Å². The monoisotopic (exact) mass is 625 g/mol. The highest BCUT2D eigenvalue weighted by Gasteiger charge is 2.66. The van der Waals surface area contributed by atoms with Gasteiger partial charge in [0.15, 0.2) is 5.54 Å². The molecule has 0 amide bonds. The minimum atomic E-state index is -4.48. The van der Waals surface area contributed by atoms with Gasteiger partial charge in [-0.15, -0.1) is 5.10 Å². The number of nitriles is 2. The number of anilines is 2. The molecule has 0 bridgehead atoms. The average Bonchev–Trinajstić information content (AvgIpc) is 3.41. The van der Waals surface area contributed by atoms with Crippen molar-refractivity contribution < 1.29 is 13.2 Å². The van der Waals surface area contributed by atoms with Gasteiger partial charge in [0, 0.05) is 23.8 Å². The van der Waals surface area contributed by atoms with Crippen LogP contribution in [-0.2, 0) is 5.54 Å². The lowest BCUT2D eigenvalue weighted by Gasteiger charge is -2.24. The Labute approximate surface area is 262 Å². The van der Waals surface area contributed by atoms with Crippen molar-refractivity contribution in [2.24, 2.45) is 5.41 Å². The van der Waals surface area contributed by atoms with E-state index in [1.165, 1.54) is 18.7 Å². The Kier molecular flexibility index (Phi) is 7.39. The number of nitrogens with one attached hydrogen (secondary N) is 2. The number of hydrogen-bond donors (Lipinski definition) is 2. The van der Waals surface area contributed by atoms with Crippen molar-refractivity contribution in [1.82, 2.24) is 34.7 Å². The van der Waals surface area contributed by atoms with Crippen molar-refractivity contribution in [2.75, 3.05) is 17.2 Å². The number of rotatable bonds is 8. The van der Waals surface area contributed by atoms with E-state index in [1.807, 2.05) is 25.1 Å². The highest BCUT2D eigenvalue weighted by atomic mass is 19.4. The molecule has 5 aromatic rings. The summed E-state index contributed by atoms with van der Waals surface area (Å²) in [4.78, 5) is 8.46. The van der Waals surface area contributed by atoms with Crippen LogP contribution in [0.3, 0.4) is 0 Å². The lowest BCUT2D eigenvalue weighted by molar-refractivity contribution is -0.182. The molecule has 0 spiro atoms. The predicted molar refractivity (Wildman–Crippen MR) is 164 cm³/mol. The number of benzene rings is 2. The van der Waals surface area contributed by atoms with Crippen LogP contribution in [0.1, 0.15) is 67.6 Å². The van der Waals surface area contributed by atoms with Crippen molar-refractivity contribution in [3.63, 3.8) is 0 Å². The van der Waals surface area contributed by atoms with Gasteiger partial charge in [-0.05, 0) is 54.5 Å². The molecule has 0 radical (unpaired) electrons. The SMILES string of the molecule is Cc1c(C(Nc2cc(C#N)c3ncc(C#N)c(NCC(C)(C)C)c3c2)c2cn(C3(C(F)(F)F)CC3)nn2)cccc1-n1cncn1. The fourth-order valence-electron chi connectivity index (χ4n) is 5.49. The Bertz CT molecular complexity index is 2000. The molecule has 6 rings (SSSR count). The van der Waals surface area contributed by atoms with Crippen LogP contribution in [0.15, 0.2) is 55.4 Å². The first kappa shape index (κ1) is 30.5. The number of aromatic nitrogens is 7. The van der Waals surface area contributed by atoms with E-state index in [0.29, 0.717) is 39.9 Å². The van der Waals surface area contributed by atoms with E-state index in [-0.39, 0.29) is 29.5 Å². The second-order valence-electron chi connectivity index (χ2n) is 12.6. The highest BCUT2D eigenvalue weighted by Crippen LogP contribution is 2.55. The Morgan fingerprint density at radius 1 is 1.09 bits per heavy atom. The summed E-state index contributed by atoms with van der Waals surface area (Å²) < 4.78 is 44.6. The zero-order valence-corrected chi connectivity index (χ0v) is 25.6. The summed E-state index contributed by atoms with van der Waals surface area (Å²) in [5, 5.41) is 39.8. The van der Waals surface area contributed by atoms with Gasteiger partial charge < -0.3 is 10.6 Å². The molecule has 0 aliphatic heterocycles. The number of nitrogens with zero attached hydrogens (tertiary/aromatic N) is 9. The van der Waals surface area contributed by atoms with Crippen LogP contribution in [0.5, 0.6) is 0 Å². The van der Waals surface area contributed by atoms with Crippen molar-refractivity contribution in [2.45, 2.75) is 58.3 Å². The molecule has 2 aromatic carbocycles. The summed E-state index contributed by atoms with van der Waals surface area (Å²) >= 11 is 0. The molecule has 1 fully saturated rings. The first-order valence-corrected chi connectivity index (χ1v) is 14.6. The molecule has 3 aromatic heterocycles. The van der Waals surface area contributed by atoms with Crippen LogP contribution in [0.25, 0.3) is 16.6 Å². The van der Waals surface area contributed by atoms with Gasteiger partial charge in [0.2, 0.25) is 0 Å². The maximum absolute atomic E-state index is 14.0. The fourth-order valence-corrected chi connectivity index (χ4v) is 5.49. The van der Waals surface area contributed by atoms with E-state index in [9.17, 15) is 23.7 Å². The molecule has 1 unspecified atom stereocenters. The van der Waals surface area contributed by atoms with Gasteiger partial charge in [-0.3, -0.25) is 4.98 Å². The Hall–Kier alpha value is -5.50. The molecule has 3 heterocycles. The summed E-state index contributed by atoms with van der Waals surface area (Å²) in [6.07, 6.45) is 1.10. The van der Waals surface area contributed by atoms with Gasteiger partial charge in [0.05, 0.1) is 40.3 Å². The summed E-state index contributed by atoms with van der Waals surface area (Å²) in [5.41, 5.74) is 2.25. The number of halogens is 3. The first-order valence-electron chi connectivity index (χ1n) is 14.6. The first-order chi connectivity index (χ1) is 21.8. The Balaban J connectivity index is 1.50. The van der Waals surface area contributed by atoms with Crippen molar-refractivity contribution in [3.05, 3.63) is 83.3 Å². The summed E-state index contributed by atoms with van der Waals surface area (Å²) in [6.45, 7) is 8.59. The van der Waals surface area contributed by atoms with Crippen molar-refractivity contribution in [1.29, 1.82) is 10.5 Å². The van der Waals surface area contributed by atoms with Crippen molar-refractivity contribution >= 4 is 22.3 Å². The summed E-state index contributed by atoms with van der Waals surface area (Å²) in [7, 11) is 0. The van der Waals surface area contributed by atoms with E-state index < -0.39 is 17.8 Å². The van der Waals surface area contributed by atoms with Crippen LogP contribution in [0, 0.1) is 35.0 Å². The third-order valence-corrected chi connectivity index (χ3v) is 8.14. The van der Waals surface area contributed by atoms with Gasteiger partial charge in [-0.25, -0.2) is 14.3 Å². The summed E-state index contributed by atoms with van der Waals surface area (Å²) in [6, 6.07) is 12.5. The lowest BCUT2D eigenvalue weighted by Crippen LogP contribution is -2.35. The molecule has 234 valence electrons. The second kappa shape index (κ2) is 11.1. The van der Waals surface area contributed by atoms with Gasteiger partial charge in [0.1, 0.15) is 30.5 Å². The minimum Gasteiger partial charge on any atom is -0.383 e.